The molecule has 1 spiro atoms. The summed E-state index contributed by atoms with van der Waals surface area (Å²) in [5, 5.41) is 9.42. The molecule has 2 atom stereocenters. The molecule has 0 saturated carbocycles. The van der Waals surface area contributed by atoms with Crippen molar-refractivity contribution in [1.82, 2.24) is 4.90 Å². The van der Waals surface area contributed by atoms with E-state index in [1.807, 2.05) is 17.0 Å². The number of rotatable bonds is 3. The average molecular weight is 424 g/mol. The topological polar surface area (TPSA) is 68.2 Å². The predicted octanol–water partition coefficient (Wildman–Crippen LogP) is 3.72. The van der Waals surface area contributed by atoms with Crippen LogP contribution in [0.1, 0.15) is 37.5 Å². The van der Waals surface area contributed by atoms with Gasteiger partial charge in [-0.25, -0.2) is 0 Å². The van der Waals surface area contributed by atoms with Gasteiger partial charge in [0.15, 0.2) is 11.5 Å². The van der Waals surface area contributed by atoms with Crippen LogP contribution in [0.4, 0.5) is 0 Å². The first-order chi connectivity index (χ1) is 14.8. The highest BCUT2D eigenvalue weighted by Crippen LogP contribution is 2.56. The third-order valence-electron chi connectivity index (χ3n) is 7.08. The number of benzene rings is 2. The molecule has 2 fully saturated rings. The fraction of sp³-hybridized carbons (Fsp3) is 0.480. The number of ether oxygens (including phenoxy) is 3. The van der Waals surface area contributed by atoms with Crippen molar-refractivity contribution in [2.75, 3.05) is 26.8 Å². The van der Waals surface area contributed by atoms with Gasteiger partial charge in [0.1, 0.15) is 11.4 Å². The summed E-state index contributed by atoms with van der Waals surface area (Å²) in [4.78, 5) is 14.7. The van der Waals surface area contributed by atoms with Gasteiger partial charge in [0.2, 0.25) is 5.91 Å². The van der Waals surface area contributed by atoms with E-state index >= 15 is 0 Å². The van der Waals surface area contributed by atoms with E-state index in [-0.39, 0.29) is 29.1 Å². The molecule has 2 saturated heterocycles. The Morgan fingerprint density at radius 3 is 2.65 bits per heavy atom. The van der Waals surface area contributed by atoms with E-state index in [0.717, 1.165) is 29.0 Å². The van der Waals surface area contributed by atoms with E-state index in [1.165, 1.54) is 0 Å². The van der Waals surface area contributed by atoms with Gasteiger partial charge in [-0.1, -0.05) is 24.3 Å². The molecule has 2 aromatic rings. The number of likely N-dealkylation sites (tertiary alicyclic amines) is 1. The lowest BCUT2D eigenvalue weighted by molar-refractivity contribution is -0.201. The summed E-state index contributed by atoms with van der Waals surface area (Å²) in [6.45, 7) is 6.32. The molecule has 6 heteroatoms. The summed E-state index contributed by atoms with van der Waals surface area (Å²) < 4.78 is 18.4. The normalized spacial score (nSPS) is 25.1. The first-order valence-electron chi connectivity index (χ1n) is 10.8. The average Bonchev–Trinajstić information content (AvgIpc) is 2.73. The lowest BCUT2D eigenvalue weighted by Crippen LogP contribution is -2.65. The molecular formula is C25H29NO5. The van der Waals surface area contributed by atoms with Gasteiger partial charge >= 0.3 is 0 Å². The summed E-state index contributed by atoms with van der Waals surface area (Å²) in [6, 6.07) is 12.8. The zero-order valence-electron chi connectivity index (χ0n) is 18.3. The third-order valence-corrected chi connectivity index (χ3v) is 7.08. The number of phenolic OH excluding ortho intramolecular Hbond substituents is 1. The highest BCUT2D eigenvalue weighted by atomic mass is 16.5. The maximum atomic E-state index is 12.7. The third kappa shape index (κ3) is 3.43. The van der Waals surface area contributed by atoms with Crippen LogP contribution >= 0.6 is 0 Å². The molecule has 5 rings (SSSR count). The molecular weight excluding hydrogens is 394 g/mol. The SMILES string of the molecule is COc1cccc2c1OC(C)(C)[C@H]1CC3(CO[C@H]21)CN(C(=O)Cc1ccc(O)cc1)C3. The Hall–Kier alpha value is -2.73. The zero-order chi connectivity index (χ0) is 21.8. The van der Waals surface area contributed by atoms with E-state index in [0.29, 0.717) is 26.1 Å². The lowest BCUT2D eigenvalue weighted by Gasteiger charge is -2.58. The van der Waals surface area contributed by atoms with Crippen LogP contribution in [0.2, 0.25) is 0 Å². The van der Waals surface area contributed by atoms with Gasteiger partial charge in [-0.2, -0.15) is 0 Å². The van der Waals surface area contributed by atoms with Gasteiger partial charge < -0.3 is 24.2 Å². The summed E-state index contributed by atoms with van der Waals surface area (Å²) in [7, 11) is 1.66. The highest BCUT2D eigenvalue weighted by molar-refractivity contribution is 5.79. The fourth-order valence-electron chi connectivity index (χ4n) is 5.36. The second-order valence-corrected chi connectivity index (χ2v) is 9.72. The number of amides is 1. The van der Waals surface area contributed by atoms with E-state index in [4.69, 9.17) is 14.2 Å². The van der Waals surface area contributed by atoms with E-state index in [1.54, 1.807) is 31.4 Å². The molecule has 0 aliphatic carbocycles. The predicted molar refractivity (Wildman–Crippen MR) is 115 cm³/mol. The minimum absolute atomic E-state index is 0.0111. The number of nitrogens with zero attached hydrogens (tertiary/aromatic N) is 1. The molecule has 3 aliphatic rings. The molecule has 164 valence electrons. The summed E-state index contributed by atoms with van der Waals surface area (Å²) in [5.41, 5.74) is 1.56. The fourth-order valence-corrected chi connectivity index (χ4v) is 5.36. The largest absolute Gasteiger partial charge is 0.508 e. The van der Waals surface area contributed by atoms with Crippen LogP contribution in [-0.4, -0.2) is 48.3 Å². The Bertz CT molecular complexity index is 993. The summed E-state index contributed by atoms with van der Waals surface area (Å²) in [5.74, 6) is 2.06. The number of fused-ring (bicyclic) bond motifs is 3. The molecule has 1 amide bonds. The zero-order valence-corrected chi connectivity index (χ0v) is 18.3. The Balaban J connectivity index is 1.29. The first-order valence-corrected chi connectivity index (χ1v) is 10.8. The Labute approximate surface area is 182 Å². The number of carbonyl (C=O) groups is 1. The molecule has 0 unspecified atom stereocenters. The number of phenols is 1. The van der Waals surface area contributed by atoms with Gasteiger partial charge in [-0.3, -0.25) is 4.79 Å². The van der Waals surface area contributed by atoms with Crippen molar-refractivity contribution in [3.63, 3.8) is 0 Å². The van der Waals surface area contributed by atoms with Crippen LogP contribution < -0.4 is 9.47 Å². The van der Waals surface area contributed by atoms with Crippen molar-refractivity contribution < 1.29 is 24.1 Å². The molecule has 3 aliphatic heterocycles. The molecule has 6 nitrogen and oxygen atoms in total. The van der Waals surface area contributed by atoms with Crippen LogP contribution in [0, 0.1) is 11.3 Å². The smallest absolute Gasteiger partial charge is 0.227 e. The number of para-hydroxylation sites is 1. The van der Waals surface area contributed by atoms with Crippen molar-refractivity contribution in [3.8, 4) is 17.2 Å². The van der Waals surface area contributed by atoms with Gasteiger partial charge in [0, 0.05) is 30.0 Å². The Kier molecular flexibility index (Phi) is 4.66. The van der Waals surface area contributed by atoms with Gasteiger partial charge in [0.25, 0.3) is 0 Å². The van der Waals surface area contributed by atoms with E-state index < -0.39 is 5.60 Å². The van der Waals surface area contributed by atoms with Crippen molar-refractivity contribution in [3.05, 3.63) is 53.6 Å². The molecule has 2 aromatic carbocycles. The minimum Gasteiger partial charge on any atom is -0.508 e. The Morgan fingerprint density at radius 1 is 1.19 bits per heavy atom. The summed E-state index contributed by atoms with van der Waals surface area (Å²) >= 11 is 0. The van der Waals surface area contributed by atoms with Crippen LogP contribution in [0.3, 0.4) is 0 Å². The van der Waals surface area contributed by atoms with E-state index in [9.17, 15) is 9.90 Å². The number of carbonyl (C=O) groups excluding carboxylic acids is 1. The van der Waals surface area contributed by atoms with Crippen molar-refractivity contribution in [1.29, 1.82) is 0 Å². The second kappa shape index (κ2) is 7.16. The van der Waals surface area contributed by atoms with Crippen LogP contribution in [-0.2, 0) is 16.0 Å². The number of aromatic hydroxyl groups is 1. The van der Waals surface area contributed by atoms with Crippen molar-refractivity contribution >= 4 is 5.91 Å². The van der Waals surface area contributed by atoms with Crippen molar-refractivity contribution in [2.45, 2.75) is 38.4 Å². The van der Waals surface area contributed by atoms with Gasteiger partial charge in [-0.15, -0.1) is 0 Å². The maximum Gasteiger partial charge on any atom is 0.227 e. The number of hydrogen-bond acceptors (Lipinski definition) is 5. The van der Waals surface area contributed by atoms with Crippen molar-refractivity contribution in [2.24, 2.45) is 11.3 Å². The molecule has 3 heterocycles. The standard InChI is InChI=1S/C25H29NO5/c1-24(2)19-12-25(13-26(14-25)21(28)11-16-7-9-17(27)10-8-16)15-30-22(19)18-5-4-6-20(29-3)23(18)31-24/h4-10,19,22,27H,11-15H2,1-3H3/t19-,22+/m0/s1. The first kappa shape index (κ1) is 20.2. The molecule has 31 heavy (non-hydrogen) atoms. The molecule has 0 bridgehead atoms. The number of methoxy groups -OCH3 is 1. The molecule has 0 radical (unpaired) electrons. The van der Waals surface area contributed by atoms with Gasteiger partial charge in [0.05, 0.1) is 26.2 Å². The van der Waals surface area contributed by atoms with Crippen LogP contribution in [0.5, 0.6) is 17.2 Å². The number of hydrogen-bond donors (Lipinski definition) is 1. The summed E-state index contributed by atoms with van der Waals surface area (Å²) in [6.07, 6.45) is 1.29. The second-order valence-electron chi connectivity index (χ2n) is 9.72. The van der Waals surface area contributed by atoms with Crippen LogP contribution in [0.15, 0.2) is 42.5 Å². The molecule has 1 N–H and O–H groups in total. The lowest BCUT2D eigenvalue weighted by atomic mass is 9.64. The van der Waals surface area contributed by atoms with Gasteiger partial charge in [-0.05, 0) is 44.0 Å². The quantitative estimate of drug-likeness (QED) is 0.815. The minimum atomic E-state index is -0.393. The van der Waals surface area contributed by atoms with E-state index in [2.05, 4.69) is 19.9 Å². The van der Waals surface area contributed by atoms with Crippen LogP contribution in [0.25, 0.3) is 0 Å². The molecule has 0 aromatic heterocycles. The monoisotopic (exact) mass is 423 g/mol. The maximum absolute atomic E-state index is 12.7. The highest BCUT2D eigenvalue weighted by Gasteiger charge is 2.56. The Morgan fingerprint density at radius 2 is 1.94 bits per heavy atom.